The lowest BCUT2D eigenvalue weighted by Crippen LogP contribution is -2.14. The van der Waals surface area contributed by atoms with E-state index in [4.69, 9.17) is 21.3 Å². The molecule has 0 radical (unpaired) electrons. The minimum absolute atomic E-state index is 0.154. The van der Waals surface area contributed by atoms with Crippen LogP contribution in [0.5, 0.6) is 0 Å². The highest BCUT2D eigenvalue weighted by molar-refractivity contribution is 7.99. The van der Waals surface area contributed by atoms with Gasteiger partial charge in [0.05, 0.1) is 22.6 Å². The molecule has 3 aromatic rings. The predicted molar refractivity (Wildman–Crippen MR) is 98.9 cm³/mol. The van der Waals surface area contributed by atoms with E-state index in [1.807, 2.05) is 23.6 Å². The molecule has 0 aliphatic carbocycles. The number of amides is 1. The molecule has 0 unspecified atom stereocenters. The van der Waals surface area contributed by atoms with Crippen LogP contribution in [-0.4, -0.2) is 26.4 Å². The van der Waals surface area contributed by atoms with Gasteiger partial charge in [0.15, 0.2) is 16.7 Å². The van der Waals surface area contributed by atoms with Crippen molar-refractivity contribution in [3.63, 3.8) is 0 Å². The standard InChI is InChI=1S/C17H14ClN5O2S/c1-2-23-16(14-4-3-7-25-14)21-22-17(23)26-10-15(24)20-12-5-6-13(18)11(8-12)9-19/h3-8H,2,10H2,1H3,(H,20,24). The smallest absolute Gasteiger partial charge is 0.234 e. The molecule has 7 nitrogen and oxygen atoms in total. The summed E-state index contributed by atoms with van der Waals surface area (Å²) < 4.78 is 7.24. The number of halogens is 1. The average molecular weight is 388 g/mol. The van der Waals surface area contributed by atoms with Crippen LogP contribution in [0.2, 0.25) is 5.02 Å². The molecule has 0 spiro atoms. The fourth-order valence-corrected chi connectivity index (χ4v) is 3.25. The van der Waals surface area contributed by atoms with Gasteiger partial charge in [-0.05, 0) is 37.3 Å². The minimum Gasteiger partial charge on any atom is -0.461 e. The Bertz CT molecular complexity index is 962. The lowest BCUT2D eigenvalue weighted by Gasteiger charge is -2.07. The molecule has 3 rings (SSSR count). The summed E-state index contributed by atoms with van der Waals surface area (Å²) in [5.41, 5.74) is 0.829. The number of benzene rings is 1. The lowest BCUT2D eigenvalue weighted by atomic mass is 10.2. The number of carbonyl (C=O) groups is 1. The quantitative estimate of drug-likeness (QED) is 0.646. The van der Waals surface area contributed by atoms with E-state index < -0.39 is 0 Å². The van der Waals surface area contributed by atoms with E-state index in [9.17, 15) is 4.79 Å². The summed E-state index contributed by atoms with van der Waals surface area (Å²) in [6.07, 6.45) is 1.58. The zero-order chi connectivity index (χ0) is 18.5. The number of hydrogen-bond acceptors (Lipinski definition) is 6. The molecule has 0 bridgehead atoms. The molecular formula is C17H14ClN5O2S. The van der Waals surface area contributed by atoms with E-state index in [1.165, 1.54) is 17.8 Å². The Labute approximate surface area is 159 Å². The number of rotatable bonds is 6. The van der Waals surface area contributed by atoms with Gasteiger partial charge in [0.1, 0.15) is 6.07 Å². The van der Waals surface area contributed by atoms with Gasteiger partial charge in [-0.1, -0.05) is 23.4 Å². The highest BCUT2D eigenvalue weighted by Crippen LogP contribution is 2.25. The van der Waals surface area contributed by atoms with Crippen LogP contribution in [0.3, 0.4) is 0 Å². The van der Waals surface area contributed by atoms with Crippen molar-refractivity contribution in [2.45, 2.75) is 18.6 Å². The highest BCUT2D eigenvalue weighted by atomic mass is 35.5. The number of nitrogens with zero attached hydrogens (tertiary/aromatic N) is 4. The zero-order valence-corrected chi connectivity index (χ0v) is 15.3. The van der Waals surface area contributed by atoms with Crippen molar-refractivity contribution in [1.29, 1.82) is 5.26 Å². The van der Waals surface area contributed by atoms with E-state index in [0.717, 1.165) is 0 Å². The SMILES string of the molecule is CCn1c(SCC(=O)Nc2ccc(Cl)c(C#N)c2)nnc1-c1ccco1. The van der Waals surface area contributed by atoms with Crippen molar-refractivity contribution >= 4 is 35.0 Å². The third kappa shape index (κ3) is 3.90. The van der Waals surface area contributed by atoms with Gasteiger partial charge in [-0.3, -0.25) is 9.36 Å². The summed E-state index contributed by atoms with van der Waals surface area (Å²) >= 11 is 7.16. The number of thioether (sulfide) groups is 1. The van der Waals surface area contributed by atoms with Gasteiger partial charge >= 0.3 is 0 Å². The number of nitrogens with one attached hydrogen (secondary N) is 1. The molecule has 0 saturated heterocycles. The van der Waals surface area contributed by atoms with Crippen LogP contribution in [0.15, 0.2) is 46.2 Å². The molecule has 26 heavy (non-hydrogen) atoms. The van der Waals surface area contributed by atoms with Crippen LogP contribution in [0.1, 0.15) is 12.5 Å². The Morgan fingerprint density at radius 2 is 2.27 bits per heavy atom. The van der Waals surface area contributed by atoms with Crippen molar-refractivity contribution in [2.24, 2.45) is 0 Å². The zero-order valence-electron chi connectivity index (χ0n) is 13.8. The van der Waals surface area contributed by atoms with E-state index in [1.54, 1.807) is 24.5 Å². The van der Waals surface area contributed by atoms with E-state index >= 15 is 0 Å². The maximum Gasteiger partial charge on any atom is 0.234 e. The topological polar surface area (TPSA) is 96.7 Å². The molecule has 0 aliphatic heterocycles. The van der Waals surface area contributed by atoms with Crippen molar-refractivity contribution < 1.29 is 9.21 Å². The maximum atomic E-state index is 12.2. The Morgan fingerprint density at radius 1 is 1.42 bits per heavy atom. The lowest BCUT2D eigenvalue weighted by molar-refractivity contribution is -0.113. The molecule has 0 saturated carbocycles. The molecule has 0 aliphatic rings. The Kier molecular flexibility index (Phi) is 5.61. The van der Waals surface area contributed by atoms with Gasteiger partial charge in [0, 0.05) is 12.2 Å². The van der Waals surface area contributed by atoms with Gasteiger partial charge in [-0.2, -0.15) is 5.26 Å². The first-order chi connectivity index (χ1) is 12.6. The second kappa shape index (κ2) is 8.08. The third-order valence-electron chi connectivity index (χ3n) is 3.48. The van der Waals surface area contributed by atoms with Gasteiger partial charge in [-0.25, -0.2) is 0 Å². The number of carbonyl (C=O) groups excluding carboxylic acids is 1. The van der Waals surface area contributed by atoms with Crippen LogP contribution in [0.25, 0.3) is 11.6 Å². The average Bonchev–Trinajstić information content (AvgIpc) is 3.30. The maximum absolute atomic E-state index is 12.2. The first-order valence-corrected chi connectivity index (χ1v) is 9.08. The van der Waals surface area contributed by atoms with Crippen LogP contribution in [0, 0.1) is 11.3 Å². The van der Waals surface area contributed by atoms with E-state index in [0.29, 0.717) is 39.6 Å². The van der Waals surface area contributed by atoms with Crippen molar-refractivity contribution in [2.75, 3.05) is 11.1 Å². The summed E-state index contributed by atoms with van der Waals surface area (Å²) in [4.78, 5) is 12.2. The molecule has 2 heterocycles. The monoisotopic (exact) mass is 387 g/mol. The molecule has 1 N–H and O–H groups in total. The fraction of sp³-hybridized carbons (Fsp3) is 0.176. The van der Waals surface area contributed by atoms with E-state index in [-0.39, 0.29) is 11.7 Å². The molecule has 0 fully saturated rings. The van der Waals surface area contributed by atoms with Gasteiger partial charge in [-0.15, -0.1) is 10.2 Å². The summed E-state index contributed by atoms with van der Waals surface area (Å²) in [5, 5.41) is 21.0. The number of hydrogen-bond donors (Lipinski definition) is 1. The summed E-state index contributed by atoms with van der Waals surface area (Å²) in [7, 11) is 0. The van der Waals surface area contributed by atoms with Crippen molar-refractivity contribution in [3.05, 3.63) is 47.2 Å². The predicted octanol–water partition coefficient (Wildman–Crippen LogP) is 3.81. The minimum atomic E-state index is -0.216. The summed E-state index contributed by atoms with van der Waals surface area (Å²) in [6, 6.07) is 10.3. The van der Waals surface area contributed by atoms with Gasteiger partial charge < -0.3 is 9.73 Å². The van der Waals surface area contributed by atoms with Gasteiger partial charge in [0.25, 0.3) is 0 Å². The number of anilines is 1. The molecule has 2 aromatic heterocycles. The Morgan fingerprint density at radius 3 is 2.96 bits per heavy atom. The Balaban J connectivity index is 1.66. The van der Waals surface area contributed by atoms with Crippen molar-refractivity contribution in [1.82, 2.24) is 14.8 Å². The van der Waals surface area contributed by atoms with Gasteiger partial charge in [0.2, 0.25) is 5.91 Å². The number of furan rings is 1. The van der Waals surface area contributed by atoms with Crippen LogP contribution in [-0.2, 0) is 11.3 Å². The summed E-state index contributed by atoms with van der Waals surface area (Å²) in [6.45, 7) is 2.62. The highest BCUT2D eigenvalue weighted by Gasteiger charge is 2.16. The molecule has 132 valence electrons. The molecule has 1 aromatic carbocycles. The normalized spacial score (nSPS) is 10.5. The molecule has 9 heteroatoms. The second-order valence-corrected chi connectivity index (χ2v) is 6.52. The summed E-state index contributed by atoms with van der Waals surface area (Å²) in [5.74, 6) is 1.19. The Hall–Kier alpha value is -2.76. The first-order valence-electron chi connectivity index (χ1n) is 7.71. The first kappa shape index (κ1) is 18.0. The second-order valence-electron chi connectivity index (χ2n) is 5.17. The van der Waals surface area contributed by atoms with Crippen LogP contribution in [0.4, 0.5) is 5.69 Å². The third-order valence-corrected chi connectivity index (χ3v) is 4.77. The number of aromatic nitrogens is 3. The number of nitriles is 1. The largest absolute Gasteiger partial charge is 0.461 e. The fourth-order valence-electron chi connectivity index (χ4n) is 2.28. The van der Waals surface area contributed by atoms with Crippen LogP contribution < -0.4 is 5.32 Å². The van der Waals surface area contributed by atoms with Crippen molar-refractivity contribution in [3.8, 4) is 17.7 Å². The molecular weight excluding hydrogens is 374 g/mol. The van der Waals surface area contributed by atoms with Crippen LogP contribution >= 0.6 is 23.4 Å². The molecule has 1 amide bonds. The van der Waals surface area contributed by atoms with E-state index in [2.05, 4.69) is 15.5 Å². The molecule has 0 atom stereocenters.